The van der Waals surface area contributed by atoms with E-state index in [1.807, 2.05) is 0 Å². The molecular formula is C33H48O4. The van der Waals surface area contributed by atoms with Crippen molar-refractivity contribution in [3.05, 3.63) is 12.2 Å². The first-order valence-electron chi connectivity index (χ1n) is 14.8. The van der Waals surface area contributed by atoms with Crippen LogP contribution in [0.3, 0.4) is 0 Å². The first kappa shape index (κ1) is 27.0. The van der Waals surface area contributed by atoms with Crippen LogP contribution in [0.15, 0.2) is 12.2 Å². The predicted molar refractivity (Wildman–Crippen MR) is 145 cm³/mol. The second-order valence-electron chi connectivity index (χ2n) is 14.8. The Kier molecular flexibility index (Phi) is 6.35. The summed E-state index contributed by atoms with van der Waals surface area (Å²) in [4.78, 5) is 25.6. The van der Waals surface area contributed by atoms with E-state index in [1.54, 1.807) is 0 Å². The molecule has 5 rings (SSSR count). The number of carbonyl (C=O) groups excluding carboxylic acids is 2. The van der Waals surface area contributed by atoms with Crippen LogP contribution in [0.25, 0.3) is 0 Å². The molecule has 0 saturated heterocycles. The first-order valence-corrected chi connectivity index (χ1v) is 14.8. The van der Waals surface area contributed by atoms with Gasteiger partial charge in [0.15, 0.2) is 6.61 Å². The Morgan fingerprint density at radius 3 is 2.38 bits per heavy atom. The number of hydrogen-bond donors (Lipinski definition) is 1. The molecule has 1 N–H and O–H groups in total. The minimum Gasteiger partial charge on any atom is -0.452 e. The van der Waals surface area contributed by atoms with Crippen molar-refractivity contribution in [2.75, 3.05) is 6.61 Å². The zero-order valence-electron chi connectivity index (χ0n) is 23.8. The van der Waals surface area contributed by atoms with E-state index in [4.69, 9.17) is 11.2 Å². The summed E-state index contributed by atoms with van der Waals surface area (Å²) in [6.45, 7) is 16.4. The zero-order valence-corrected chi connectivity index (χ0v) is 23.8. The van der Waals surface area contributed by atoms with E-state index in [0.717, 1.165) is 64.1 Å². The summed E-state index contributed by atoms with van der Waals surface area (Å²) in [5, 5.41) is 10.9. The number of esters is 1. The fourth-order valence-electron chi connectivity index (χ4n) is 11.7. The summed E-state index contributed by atoms with van der Waals surface area (Å²) in [7, 11) is 0. The maximum absolute atomic E-state index is 13.6. The van der Waals surface area contributed by atoms with Crippen molar-refractivity contribution >= 4 is 12.3 Å². The number of ether oxygens (including phenoxy) is 1. The van der Waals surface area contributed by atoms with Gasteiger partial charge in [0.2, 0.25) is 0 Å². The Bertz CT molecular complexity index is 1020. The van der Waals surface area contributed by atoms with Crippen LogP contribution in [0.1, 0.15) is 98.8 Å². The Hall–Kier alpha value is -1.60. The van der Waals surface area contributed by atoms with Crippen molar-refractivity contribution in [2.24, 2.45) is 56.7 Å². The quantitative estimate of drug-likeness (QED) is 0.208. The average molecular weight is 509 g/mol. The average Bonchev–Trinajstić information content (AvgIpc) is 3.26. The SMILES string of the molecule is C#CCOC(=O)[C@]12CC[C@@H](C(=C)C=O)[C@@H]1[C@H]1CC[C@@H]3[C@@]4(C)CC[C@H](O)C(C)(C)[C@@H]4CC[C@@]3(C)[C@]1(C)CC2. The summed E-state index contributed by atoms with van der Waals surface area (Å²) in [5.41, 5.74) is 0.476. The third kappa shape index (κ3) is 3.38. The van der Waals surface area contributed by atoms with E-state index in [-0.39, 0.29) is 52.2 Å². The molecular weight excluding hydrogens is 460 g/mol. The molecule has 0 aromatic heterocycles. The lowest BCUT2D eigenvalue weighted by atomic mass is 9.32. The lowest BCUT2D eigenvalue weighted by Crippen LogP contribution is -2.67. The molecule has 10 atom stereocenters. The highest BCUT2D eigenvalue weighted by Crippen LogP contribution is 2.77. The minimum atomic E-state index is -0.557. The van der Waals surface area contributed by atoms with Gasteiger partial charge in [-0.15, -0.1) is 6.42 Å². The number of hydrogen-bond acceptors (Lipinski definition) is 4. The van der Waals surface area contributed by atoms with E-state index >= 15 is 0 Å². The highest BCUT2D eigenvalue weighted by molar-refractivity contribution is 5.80. The molecule has 5 fully saturated rings. The minimum absolute atomic E-state index is 0.00962. The Morgan fingerprint density at radius 1 is 0.973 bits per heavy atom. The molecule has 5 aliphatic rings. The first-order chi connectivity index (χ1) is 17.3. The maximum Gasteiger partial charge on any atom is 0.313 e. The molecule has 4 heteroatoms. The molecule has 204 valence electrons. The molecule has 5 saturated carbocycles. The third-order valence-electron chi connectivity index (χ3n) is 13.7. The number of allylic oxidation sites excluding steroid dienone is 1. The van der Waals surface area contributed by atoms with Gasteiger partial charge in [0.25, 0.3) is 0 Å². The van der Waals surface area contributed by atoms with E-state index < -0.39 is 5.41 Å². The normalized spacial score (nSPS) is 49.9. The summed E-state index contributed by atoms with van der Waals surface area (Å²) in [5.74, 6) is 3.93. The van der Waals surface area contributed by atoms with Gasteiger partial charge in [0, 0.05) is 0 Å². The maximum atomic E-state index is 13.6. The summed E-state index contributed by atoms with van der Waals surface area (Å²) >= 11 is 0. The summed E-state index contributed by atoms with van der Waals surface area (Å²) in [6, 6.07) is 0. The van der Waals surface area contributed by atoms with Gasteiger partial charge in [-0.1, -0.05) is 47.1 Å². The van der Waals surface area contributed by atoms with Crippen molar-refractivity contribution in [3.8, 4) is 12.3 Å². The summed E-state index contributed by atoms with van der Waals surface area (Å²) in [6.07, 6.45) is 16.1. The number of fused-ring (bicyclic) bond motifs is 7. The van der Waals surface area contributed by atoms with Crippen LogP contribution in [0, 0.1) is 69.0 Å². The fraction of sp³-hybridized carbons (Fsp3) is 0.818. The van der Waals surface area contributed by atoms with Crippen molar-refractivity contribution in [2.45, 2.75) is 105 Å². The largest absolute Gasteiger partial charge is 0.452 e. The highest BCUT2D eigenvalue weighted by atomic mass is 16.5. The van der Waals surface area contributed by atoms with Crippen LogP contribution in [0.2, 0.25) is 0 Å². The van der Waals surface area contributed by atoms with Gasteiger partial charge in [-0.3, -0.25) is 9.59 Å². The zero-order chi connectivity index (χ0) is 27.0. The van der Waals surface area contributed by atoms with Gasteiger partial charge in [-0.05, 0) is 121 Å². The summed E-state index contributed by atoms with van der Waals surface area (Å²) < 4.78 is 5.64. The number of terminal acetylenes is 1. The second kappa shape index (κ2) is 8.70. The van der Waals surface area contributed by atoms with E-state index in [9.17, 15) is 14.7 Å². The Morgan fingerprint density at radius 2 is 1.70 bits per heavy atom. The van der Waals surface area contributed by atoms with Gasteiger partial charge in [0.05, 0.1) is 11.5 Å². The number of aliphatic hydroxyl groups excluding tert-OH is 1. The van der Waals surface area contributed by atoms with Gasteiger partial charge in [-0.25, -0.2) is 0 Å². The van der Waals surface area contributed by atoms with Crippen molar-refractivity contribution < 1.29 is 19.4 Å². The monoisotopic (exact) mass is 508 g/mol. The van der Waals surface area contributed by atoms with Crippen molar-refractivity contribution in [1.82, 2.24) is 0 Å². The van der Waals surface area contributed by atoms with Crippen LogP contribution < -0.4 is 0 Å². The van der Waals surface area contributed by atoms with Gasteiger partial charge >= 0.3 is 5.97 Å². The van der Waals surface area contributed by atoms with Gasteiger partial charge in [-0.2, -0.15) is 0 Å². The molecule has 0 aromatic rings. The van der Waals surface area contributed by atoms with Crippen molar-refractivity contribution in [3.63, 3.8) is 0 Å². The molecule has 0 heterocycles. The van der Waals surface area contributed by atoms with Gasteiger partial charge in [0.1, 0.15) is 6.29 Å². The third-order valence-corrected chi connectivity index (χ3v) is 13.7. The molecule has 0 bridgehead atoms. The van der Waals surface area contributed by atoms with Crippen LogP contribution in [0.4, 0.5) is 0 Å². The second-order valence-corrected chi connectivity index (χ2v) is 14.8. The standard InChI is InChI=1S/C33H48O4/c1-8-19-37-28(36)33-16-11-22(21(2)20-34)27(33)23-9-10-25-30(5)14-13-26(35)29(3,4)24(30)12-15-32(25,7)31(23,6)17-18-33/h1,20,22-27,35H,2,9-19H2,3-7H3/t22-,23+,24-,25+,26-,27+,30-,31+,32+,33-/m0/s1. The van der Waals surface area contributed by atoms with E-state index in [2.05, 4.69) is 47.1 Å². The van der Waals surface area contributed by atoms with Crippen LogP contribution >= 0.6 is 0 Å². The van der Waals surface area contributed by atoms with Crippen LogP contribution in [-0.2, 0) is 14.3 Å². The highest BCUT2D eigenvalue weighted by Gasteiger charge is 2.72. The molecule has 0 unspecified atom stereocenters. The molecule has 37 heavy (non-hydrogen) atoms. The van der Waals surface area contributed by atoms with E-state index in [1.165, 1.54) is 6.42 Å². The number of aliphatic hydroxyl groups is 1. The van der Waals surface area contributed by atoms with Gasteiger partial charge < -0.3 is 9.84 Å². The Balaban J connectivity index is 1.55. The molecule has 0 aromatic carbocycles. The number of carbonyl (C=O) groups is 2. The molecule has 5 aliphatic carbocycles. The lowest BCUT2D eigenvalue weighted by Gasteiger charge is -2.72. The number of rotatable bonds is 4. The Labute approximate surface area is 224 Å². The van der Waals surface area contributed by atoms with Crippen LogP contribution in [0.5, 0.6) is 0 Å². The fourth-order valence-corrected chi connectivity index (χ4v) is 11.7. The van der Waals surface area contributed by atoms with Crippen LogP contribution in [-0.4, -0.2) is 30.1 Å². The van der Waals surface area contributed by atoms with E-state index in [0.29, 0.717) is 23.3 Å². The predicted octanol–water partition coefficient (Wildman–Crippen LogP) is 6.36. The molecule has 0 spiro atoms. The molecule has 4 nitrogen and oxygen atoms in total. The topological polar surface area (TPSA) is 63.6 Å². The smallest absolute Gasteiger partial charge is 0.313 e. The molecule has 0 radical (unpaired) electrons. The number of aldehydes is 1. The lowest BCUT2D eigenvalue weighted by molar-refractivity contribution is -0.248. The van der Waals surface area contributed by atoms with Crippen molar-refractivity contribution in [1.29, 1.82) is 0 Å². The molecule has 0 aliphatic heterocycles. The molecule has 0 amide bonds.